The molecule has 0 bridgehead atoms. The van der Waals surface area contributed by atoms with Crippen molar-refractivity contribution in [2.24, 2.45) is 10.7 Å². The molecule has 0 saturated carbocycles. The van der Waals surface area contributed by atoms with Crippen molar-refractivity contribution < 1.29 is 0 Å². The SMILES string of the molecule is CC(C)c1cccc(NC(N)=NCc2nnc3n2CCC3)c1. The highest BCUT2D eigenvalue weighted by Gasteiger charge is 2.16. The first kappa shape index (κ1) is 14.6. The zero-order valence-electron chi connectivity index (χ0n) is 13.1. The van der Waals surface area contributed by atoms with Gasteiger partial charge in [0.25, 0.3) is 0 Å². The first-order valence-corrected chi connectivity index (χ1v) is 7.71. The highest BCUT2D eigenvalue weighted by Crippen LogP contribution is 2.18. The Morgan fingerprint density at radius 1 is 1.41 bits per heavy atom. The van der Waals surface area contributed by atoms with Crippen molar-refractivity contribution in [3.05, 3.63) is 41.5 Å². The molecule has 6 heteroatoms. The molecule has 1 aromatic heterocycles. The summed E-state index contributed by atoms with van der Waals surface area (Å²) in [6, 6.07) is 8.23. The van der Waals surface area contributed by atoms with Crippen LogP contribution in [0.5, 0.6) is 0 Å². The number of rotatable bonds is 4. The lowest BCUT2D eigenvalue weighted by molar-refractivity contribution is 0.688. The van der Waals surface area contributed by atoms with Crippen LogP contribution in [-0.2, 0) is 19.5 Å². The van der Waals surface area contributed by atoms with E-state index in [4.69, 9.17) is 5.73 Å². The molecule has 2 aromatic rings. The topological polar surface area (TPSA) is 81.1 Å². The van der Waals surface area contributed by atoms with Crippen molar-refractivity contribution in [1.82, 2.24) is 14.8 Å². The van der Waals surface area contributed by atoms with Crippen LogP contribution in [0, 0.1) is 0 Å². The molecule has 0 unspecified atom stereocenters. The van der Waals surface area contributed by atoms with E-state index in [0.717, 1.165) is 36.7 Å². The maximum absolute atomic E-state index is 5.98. The molecule has 22 heavy (non-hydrogen) atoms. The summed E-state index contributed by atoms with van der Waals surface area (Å²) in [5.74, 6) is 2.82. The molecule has 0 spiro atoms. The Kier molecular flexibility index (Phi) is 4.09. The van der Waals surface area contributed by atoms with Crippen molar-refractivity contribution in [1.29, 1.82) is 0 Å². The normalized spacial score (nSPS) is 14.4. The smallest absolute Gasteiger partial charge is 0.193 e. The maximum Gasteiger partial charge on any atom is 0.193 e. The van der Waals surface area contributed by atoms with Crippen LogP contribution in [0.15, 0.2) is 29.3 Å². The molecule has 0 atom stereocenters. The summed E-state index contributed by atoms with van der Waals surface area (Å²) < 4.78 is 2.14. The summed E-state index contributed by atoms with van der Waals surface area (Å²) in [7, 11) is 0. The number of nitrogens with one attached hydrogen (secondary N) is 1. The number of aryl methyl sites for hydroxylation is 1. The molecule has 0 aliphatic carbocycles. The van der Waals surface area contributed by atoms with Crippen LogP contribution in [-0.4, -0.2) is 20.7 Å². The van der Waals surface area contributed by atoms with Crippen LogP contribution in [0.3, 0.4) is 0 Å². The molecule has 3 rings (SSSR count). The number of nitrogens with zero attached hydrogens (tertiary/aromatic N) is 4. The molecule has 1 aliphatic rings. The van der Waals surface area contributed by atoms with Crippen molar-refractivity contribution in [2.45, 2.75) is 45.7 Å². The molecule has 2 heterocycles. The minimum Gasteiger partial charge on any atom is -0.370 e. The fourth-order valence-electron chi connectivity index (χ4n) is 2.65. The fourth-order valence-corrected chi connectivity index (χ4v) is 2.65. The standard InChI is InChI=1S/C16H22N6/c1-11(2)12-5-3-6-13(9-12)19-16(17)18-10-15-21-20-14-7-4-8-22(14)15/h3,5-6,9,11H,4,7-8,10H2,1-2H3,(H3,17,18,19). The van der Waals surface area contributed by atoms with E-state index in [-0.39, 0.29) is 0 Å². The summed E-state index contributed by atoms with van der Waals surface area (Å²) in [5, 5.41) is 11.5. The summed E-state index contributed by atoms with van der Waals surface area (Å²) in [5.41, 5.74) is 8.20. The number of aliphatic imine (C=N–C) groups is 1. The summed E-state index contributed by atoms with van der Waals surface area (Å²) in [4.78, 5) is 4.37. The van der Waals surface area contributed by atoms with Gasteiger partial charge in [0.15, 0.2) is 11.8 Å². The third-order valence-electron chi connectivity index (χ3n) is 3.90. The Labute approximate surface area is 130 Å². The van der Waals surface area contributed by atoms with Crippen molar-refractivity contribution in [3.8, 4) is 0 Å². The predicted molar refractivity (Wildman–Crippen MR) is 87.8 cm³/mol. The van der Waals surface area contributed by atoms with Gasteiger partial charge in [0.2, 0.25) is 0 Å². The van der Waals surface area contributed by atoms with Crippen LogP contribution in [0.25, 0.3) is 0 Å². The zero-order valence-corrected chi connectivity index (χ0v) is 13.1. The Morgan fingerprint density at radius 3 is 3.09 bits per heavy atom. The van der Waals surface area contributed by atoms with E-state index in [0.29, 0.717) is 18.4 Å². The Balaban J connectivity index is 1.66. The second kappa shape index (κ2) is 6.17. The van der Waals surface area contributed by atoms with E-state index in [1.807, 2.05) is 12.1 Å². The number of hydrogen-bond acceptors (Lipinski definition) is 3. The van der Waals surface area contributed by atoms with Crippen LogP contribution in [0.4, 0.5) is 5.69 Å². The average Bonchev–Trinajstić information content (AvgIpc) is 3.09. The molecule has 0 radical (unpaired) electrons. The number of aromatic nitrogens is 3. The molecule has 3 N–H and O–H groups in total. The van der Waals surface area contributed by atoms with E-state index in [2.05, 4.69) is 51.1 Å². The Morgan fingerprint density at radius 2 is 2.27 bits per heavy atom. The van der Waals surface area contributed by atoms with Gasteiger partial charge in [0, 0.05) is 18.7 Å². The average molecular weight is 298 g/mol. The highest BCUT2D eigenvalue weighted by molar-refractivity contribution is 5.92. The van der Waals surface area contributed by atoms with E-state index >= 15 is 0 Å². The van der Waals surface area contributed by atoms with Gasteiger partial charge in [-0.1, -0.05) is 26.0 Å². The minimum absolute atomic E-state index is 0.399. The predicted octanol–water partition coefficient (Wildman–Crippen LogP) is 2.27. The number of nitrogens with two attached hydrogens (primary N) is 1. The van der Waals surface area contributed by atoms with E-state index in [1.165, 1.54) is 5.56 Å². The summed E-state index contributed by atoms with van der Waals surface area (Å²) in [6.45, 7) is 5.78. The lowest BCUT2D eigenvalue weighted by Gasteiger charge is -2.10. The van der Waals surface area contributed by atoms with Gasteiger partial charge in [-0.15, -0.1) is 10.2 Å². The first-order chi connectivity index (χ1) is 10.6. The molecule has 0 saturated heterocycles. The van der Waals surface area contributed by atoms with Crippen molar-refractivity contribution in [2.75, 3.05) is 5.32 Å². The minimum atomic E-state index is 0.399. The molecule has 116 valence electrons. The molecule has 0 amide bonds. The quantitative estimate of drug-likeness (QED) is 0.670. The van der Waals surface area contributed by atoms with Gasteiger partial charge >= 0.3 is 0 Å². The van der Waals surface area contributed by atoms with Gasteiger partial charge in [0.1, 0.15) is 12.4 Å². The van der Waals surface area contributed by atoms with Gasteiger partial charge < -0.3 is 15.6 Å². The lowest BCUT2D eigenvalue weighted by atomic mass is 10.0. The second-order valence-corrected chi connectivity index (χ2v) is 5.89. The van der Waals surface area contributed by atoms with Gasteiger partial charge in [-0.05, 0) is 30.0 Å². The Bertz CT molecular complexity index is 686. The second-order valence-electron chi connectivity index (χ2n) is 5.89. The fraction of sp³-hybridized carbons (Fsp3) is 0.438. The number of guanidine groups is 1. The molecular weight excluding hydrogens is 276 g/mol. The molecule has 6 nitrogen and oxygen atoms in total. The largest absolute Gasteiger partial charge is 0.370 e. The van der Waals surface area contributed by atoms with Crippen LogP contribution in [0.2, 0.25) is 0 Å². The highest BCUT2D eigenvalue weighted by atomic mass is 15.3. The van der Waals surface area contributed by atoms with Gasteiger partial charge in [-0.2, -0.15) is 0 Å². The number of hydrogen-bond donors (Lipinski definition) is 2. The molecule has 1 aromatic carbocycles. The van der Waals surface area contributed by atoms with Gasteiger partial charge in [0.05, 0.1) is 0 Å². The van der Waals surface area contributed by atoms with Crippen LogP contribution < -0.4 is 11.1 Å². The number of benzene rings is 1. The molecule has 1 aliphatic heterocycles. The van der Waals surface area contributed by atoms with E-state index in [1.54, 1.807) is 0 Å². The monoisotopic (exact) mass is 298 g/mol. The molecule has 0 fully saturated rings. The summed E-state index contributed by atoms with van der Waals surface area (Å²) >= 11 is 0. The van der Waals surface area contributed by atoms with E-state index < -0.39 is 0 Å². The maximum atomic E-state index is 5.98. The number of anilines is 1. The van der Waals surface area contributed by atoms with Crippen molar-refractivity contribution >= 4 is 11.6 Å². The van der Waals surface area contributed by atoms with Crippen LogP contribution >= 0.6 is 0 Å². The number of fused-ring (bicyclic) bond motifs is 1. The zero-order chi connectivity index (χ0) is 15.5. The van der Waals surface area contributed by atoms with E-state index in [9.17, 15) is 0 Å². The van der Waals surface area contributed by atoms with Gasteiger partial charge in [-0.3, -0.25) is 0 Å². The van der Waals surface area contributed by atoms with Crippen LogP contribution in [0.1, 0.15) is 43.4 Å². The Hall–Kier alpha value is -2.37. The third-order valence-corrected chi connectivity index (χ3v) is 3.90. The third kappa shape index (κ3) is 3.10. The van der Waals surface area contributed by atoms with Crippen molar-refractivity contribution in [3.63, 3.8) is 0 Å². The summed E-state index contributed by atoms with van der Waals surface area (Å²) in [6.07, 6.45) is 2.14. The van der Waals surface area contributed by atoms with Gasteiger partial charge in [-0.25, -0.2) is 4.99 Å². The lowest BCUT2D eigenvalue weighted by Crippen LogP contribution is -2.23. The molecular formula is C16H22N6. The first-order valence-electron chi connectivity index (χ1n) is 7.71.